The highest BCUT2D eigenvalue weighted by molar-refractivity contribution is 5.68. The molecule has 1 saturated carbocycles. The van der Waals surface area contributed by atoms with Crippen molar-refractivity contribution < 1.29 is 24.9 Å². The first-order valence-corrected chi connectivity index (χ1v) is 10.4. The Labute approximate surface area is 165 Å². The first-order valence-electron chi connectivity index (χ1n) is 10.4. The van der Waals surface area contributed by atoms with Crippen LogP contribution in [0.25, 0.3) is 0 Å². The molecular weight excluding hydrogens is 358 g/mol. The van der Waals surface area contributed by atoms with Crippen molar-refractivity contribution in [2.24, 2.45) is 11.8 Å². The summed E-state index contributed by atoms with van der Waals surface area (Å²) in [6.45, 7) is 1.96. The lowest BCUT2D eigenvalue weighted by atomic mass is 9.54. The number of hydrogen-bond donors (Lipinski definition) is 3. The zero-order valence-electron chi connectivity index (χ0n) is 16.1. The van der Waals surface area contributed by atoms with Crippen molar-refractivity contribution in [1.82, 2.24) is 4.90 Å². The van der Waals surface area contributed by atoms with Gasteiger partial charge < -0.3 is 15.3 Å². The quantitative estimate of drug-likeness (QED) is 0.634. The SMILES string of the molecule is O=C(O)CCC[C@]12CCN(CC3CC3)[C@H](Cc3ccc(O)cc31)[C@@H]2CC(=O)O. The second-order valence-electron chi connectivity index (χ2n) is 8.91. The minimum Gasteiger partial charge on any atom is -0.508 e. The maximum Gasteiger partial charge on any atom is 0.303 e. The highest BCUT2D eigenvalue weighted by Crippen LogP contribution is 2.54. The summed E-state index contributed by atoms with van der Waals surface area (Å²) in [7, 11) is 0. The number of fused-ring (bicyclic) bond motifs is 4. The molecule has 28 heavy (non-hydrogen) atoms. The molecule has 1 heterocycles. The number of phenolic OH excluding ortho intramolecular Hbond substituents is 1. The first kappa shape index (κ1) is 19.2. The largest absolute Gasteiger partial charge is 0.508 e. The monoisotopic (exact) mass is 387 g/mol. The van der Waals surface area contributed by atoms with Gasteiger partial charge in [-0.1, -0.05) is 6.07 Å². The van der Waals surface area contributed by atoms with Crippen LogP contribution >= 0.6 is 0 Å². The first-order chi connectivity index (χ1) is 13.4. The van der Waals surface area contributed by atoms with Crippen LogP contribution in [0.4, 0.5) is 0 Å². The van der Waals surface area contributed by atoms with Gasteiger partial charge in [0.05, 0.1) is 6.42 Å². The molecule has 3 N–H and O–H groups in total. The molecule has 3 aliphatic rings. The number of carboxylic acid groups (broad SMARTS) is 2. The van der Waals surface area contributed by atoms with Crippen LogP contribution in [0.2, 0.25) is 0 Å². The predicted octanol–water partition coefficient (Wildman–Crippen LogP) is 3.02. The highest BCUT2D eigenvalue weighted by atomic mass is 16.4. The lowest BCUT2D eigenvalue weighted by molar-refractivity contribution is -0.141. The lowest BCUT2D eigenvalue weighted by Crippen LogP contribution is -2.60. The average Bonchev–Trinajstić information content (AvgIpc) is 3.43. The molecule has 1 aromatic rings. The molecule has 6 nitrogen and oxygen atoms in total. The third-order valence-corrected chi connectivity index (χ3v) is 7.14. The van der Waals surface area contributed by atoms with Crippen molar-refractivity contribution in [3.05, 3.63) is 29.3 Å². The van der Waals surface area contributed by atoms with E-state index in [4.69, 9.17) is 5.11 Å². The lowest BCUT2D eigenvalue weighted by Gasteiger charge is -2.57. The molecule has 6 heteroatoms. The van der Waals surface area contributed by atoms with Crippen LogP contribution in [0, 0.1) is 11.8 Å². The standard InChI is InChI=1S/C22H29NO5/c24-16-6-5-15-10-19-18(12-21(27)28)22(17(15)11-16,7-1-2-20(25)26)8-9-23(19)13-14-3-4-14/h5-6,11,14,18-19,24H,1-4,7-10,12-13H2,(H,25,26)(H,27,28)/t18-,19+,22-/m0/s1. The van der Waals surface area contributed by atoms with Crippen molar-refractivity contribution in [2.75, 3.05) is 13.1 Å². The van der Waals surface area contributed by atoms with Gasteiger partial charge in [-0.05, 0) is 80.2 Å². The number of carboxylic acids is 2. The molecule has 2 aliphatic carbocycles. The van der Waals surface area contributed by atoms with E-state index in [0.29, 0.717) is 12.8 Å². The number of aliphatic carboxylic acids is 2. The number of phenols is 1. The summed E-state index contributed by atoms with van der Waals surface area (Å²) in [5.41, 5.74) is 1.86. The number of likely N-dealkylation sites (tertiary alicyclic amines) is 1. The van der Waals surface area contributed by atoms with E-state index in [1.54, 1.807) is 12.1 Å². The van der Waals surface area contributed by atoms with Crippen LogP contribution in [0.3, 0.4) is 0 Å². The molecule has 0 aromatic heterocycles. The third-order valence-electron chi connectivity index (χ3n) is 7.14. The van der Waals surface area contributed by atoms with Crippen molar-refractivity contribution in [3.63, 3.8) is 0 Å². The van der Waals surface area contributed by atoms with Gasteiger partial charge in [-0.25, -0.2) is 0 Å². The molecule has 3 atom stereocenters. The van der Waals surface area contributed by atoms with E-state index in [1.165, 1.54) is 18.4 Å². The van der Waals surface area contributed by atoms with E-state index < -0.39 is 11.9 Å². The molecule has 1 aromatic carbocycles. The van der Waals surface area contributed by atoms with Crippen LogP contribution in [-0.4, -0.2) is 51.3 Å². The zero-order chi connectivity index (χ0) is 19.9. The molecule has 2 fully saturated rings. The van der Waals surface area contributed by atoms with Gasteiger partial charge in [-0.3, -0.25) is 14.5 Å². The topological polar surface area (TPSA) is 98.1 Å². The Bertz CT molecular complexity index is 774. The number of benzene rings is 1. The fraction of sp³-hybridized carbons (Fsp3) is 0.636. The van der Waals surface area contributed by atoms with Gasteiger partial charge >= 0.3 is 11.9 Å². The van der Waals surface area contributed by atoms with Crippen LogP contribution < -0.4 is 0 Å². The number of aromatic hydroxyl groups is 1. The molecule has 152 valence electrons. The Kier molecular flexibility index (Phi) is 5.08. The van der Waals surface area contributed by atoms with Crippen molar-refractivity contribution in [1.29, 1.82) is 0 Å². The Morgan fingerprint density at radius 2 is 1.96 bits per heavy atom. The van der Waals surface area contributed by atoms with Crippen LogP contribution in [0.1, 0.15) is 56.1 Å². The summed E-state index contributed by atoms with van der Waals surface area (Å²) in [6.07, 6.45) is 5.52. The number of carbonyl (C=O) groups is 2. The number of nitrogens with zero attached hydrogens (tertiary/aromatic N) is 1. The Morgan fingerprint density at radius 1 is 1.18 bits per heavy atom. The van der Waals surface area contributed by atoms with E-state index in [2.05, 4.69) is 4.90 Å². The molecule has 1 aliphatic heterocycles. The second kappa shape index (κ2) is 7.39. The fourth-order valence-electron chi connectivity index (χ4n) is 5.73. The van der Waals surface area contributed by atoms with E-state index in [1.807, 2.05) is 6.07 Å². The molecule has 1 saturated heterocycles. The molecule has 0 spiro atoms. The normalized spacial score (nSPS) is 29.3. The molecule has 0 unspecified atom stereocenters. The van der Waals surface area contributed by atoms with Gasteiger partial charge in [0.15, 0.2) is 0 Å². The minimum atomic E-state index is -0.819. The Morgan fingerprint density at radius 3 is 2.64 bits per heavy atom. The van der Waals surface area contributed by atoms with Gasteiger partial charge in [0, 0.05) is 24.4 Å². The van der Waals surface area contributed by atoms with E-state index in [-0.39, 0.29) is 36.0 Å². The summed E-state index contributed by atoms with van der Waals surface area (Å²) in [5.74, 6) is -0.730. The average molecular weight is 387 g/mol. The van der Waals surface area contributed by atoms with Gasteiger partial charge in [0.2, 0.25) is 0 Å². The maximum atomic E-state index is 11.8. The summed E-state index contributed by atoms with van der Waals surface area (Å²) < 4.78 is 0. The Hall–Kier alpha value is -2.08. The third kappa shape index (κ3) is 3.62. The molecule has 2 bridgehead atoms. The van der Waals surface area contributed by atoms with Crippen molar-refractivity contribution in [2.45, 2.75) is 62.8 Å². The van der Waals surface area contributed by atoms with Crippen molar-refractivity contribution in [3.8, 4) is 5.75 Å². The number of rotatable bonds is 8. The molecule has 4 rings (SSSR count). The second-order valence-corrected chi connectivity index (χ2v) is 8.91. The van der Waals surface area contributed by atoms with Gasteiger partial charge in [0.1, 0.15) is 5.75 Å². The molecular formula is C22H29NO5. The van der Waals surface area contributed by atoms with Crippen LogP contribution in [-0.2, 0) is 21.4 Å². The van der Waals surface area contributed by atoms with Crippen molar-refractivity contribution >= 4 is 11.9 Å². The fourth-order valence-corrected chi connectivity index (χ4v) is 5.73. The van der Waals surface area contributed by atoms with Gasteiger partial charge in [-0.2, -0.15) is 0 Å². The van der Waals surface area contributed by atoms with Crippen LogP contribution in [0.15, 0.2) is 18.2 Å². The molecule has 0 amide bonds. The smallest absolute Gasteiger partial charge is 0.303 e. The van der Waals surface area contributed by atoms with Crippen LogP contribution in [0.5, 0.6) is 5.75 Å². The van der Waals surface area contributed by atoms with E-state index in [0.717, 1.165) is 37.4 Å². The minimum absolute atomic E-state index is 0.0550. The highest BCUT2D eigenvalue weighted by Gasteiger charge is 2.53. The van der Waals surface area contributed by atoms with Gasteiger partial charge in [0.25, 0.3) is 0 Å². The van der Waals surface area contributed by atoms with E-state index in [9.17, 15) is 19.8 Å². The number of piperidine rings is 1. The summed E-state index contributed by atoms with van der Waals surface area (Å²) in [4.78, 5) is 25.4. The maximum absolute atomic E-state index is 11.8. The van der Waals surface area contributed by atoms with Gasteiger partial charge in [-0.15, -0.1) is 0 Å². The number of hydrogen-bond acceptors (Lipinski definition) is 4. The summed E-state index contributed by atoms with van der Waals surface area (Å²) in [5, 5.41) is 28.9. The predicted molar refractivity (Wildman–Crippen MR) is 103 cm³/mol. The van der Waals surface area contributed by atoms with E-state index >= 15 is 0 Å². The summed E-state index contributed by atoms with van der Waals surface area (Å²) >= 11 is 0. The Balaban J connectivity index is 1.73. The molecule has 0 radical (unpaired) electrons. The summed E-state index contributed by atoms with van der Waals surface area (Å²) in [6, 6.07) is 5.66. The zero-order valence-corrected chi connectivity index (χ0v) is 16.1.